The molecule has 1 fully saturated rings. The fourth-order valence-corrected chi connectivity index (χ4v) is 4.46. The number of carbonyl (C=O) groups excluding carboxylic acids is 1. The smallest absolute Gasteiger partial charge is 0.306 e. The molecular weight excluding hydrogens is 442 g/mol. The first kappa shape index (κ1) is 22.5. The Morgan fingerprint density at radius 1 is 0.800 bits per heavy atom. The third kappa shape index (κ3) is 5.14. The third-order valence-electron chi connectivity index (χ3n) is 6.52. The summed E-state index contributed by atoms with van der Waals surface area (Å²) >= 11 is 0. The van der Waals surface area contributed by atoms with Crippen molar-refractivity contribution in [3.05, 3.63) is 90.3 Å². The Morgan fingerprint density at radius 2 is 1.43 bits per heavy atom. The monoisotopic (exact) mass is 467 g/mol. The largest absolute Gasteiger partial charge is 0.481 e. The molecule has 1 heterocycles. The van der Waals surface area contributed by atoms with Crippen molar-refractivity contribution >= 4 is 17.6 Å². The van der Waals surface area contributed by atoms with Gasteiger partial charge in [0.1, 0.15) is 0 Å². The zero-order valence-electron chi connectivity index (χ0n) is 19.1. The number of hydrogen-bond acceptors (Lipinski definition) is 5. The van der Waals surface area contributed by atoms with Crippen LogP contribution in [0.15, 0.2) is 83.4 Å². The SMILES string of the molecule is O=C(Nc1ccc(-c2noc(C3CCC(C(=O)O)CC3)n2)cc1)c1ccc(-c2ccccc2)cc1. The molecule has 0 unspecified atom stereocenters. The van der Waals surface area contributed by atoms with Gasteiger partial charge in [0.15, 0.2) is 0 Å². The molecule has 7 nitrogen and oxygen atoms in total. The van der Waals surface area contributed by atoms with Crippen molar-refractivity contribution in [2.75, 3.05) is 5.32 Å². The Balaban J connectivity index is 1.20. The average Bonchev–Trinajstić information content (AvgIpc) is 3.40. The van der Waals surface area contributed by atoms with Crippen LogP contribution >= 0.6 is 0 Å². The van der Waals surface area contributed by atoms with Gasteiger partial charge in [-0.1, -0.05) is 47.6 Å². The Bertz CT molecular complexity index is 1310. The van der Waals surface area contributed by atoms with Gasteiger partial charge < -0.3 is 14.9 Å². The molecule has 35 heavy (non-hydrogen) atoms. The highest BCUT2D eigenvalue weighted by molar-refractivity contribution is 6.04. The Hall–Kier alpha value is -4.26. The molecule has 0 saturated heterocycles. The predicted molar refractivity (Wildman–Crippen MR) is 132 cm³/mol. The van der Waals surface area contributed by atoms with Crippen molar-refractivity contribution in [3.63, 3.8) is 0 Å². The van der Waals surface area contributed by atoms with Crippen LogP contribution < -0.4 is 5.32 Å². The fourth-order valence-electron chi connectivity index (χ4n) is 4.46. The Morgan fingerprint density at radius 3 is 2.09 bits per heavy atom. The highest BCUT2D eigenvalue weighted by atomic mass is 16.5. The molecule has 4 aromatic rings. The van der Waals surface area contributed by atoms with Crippen LogP contribution in [0.4, 0.5) is 5.69 Å². The summed E-state index contributed by atoms with van der Waals surface area (Å²) in [5.41, 5.74) is 4.19. The molecule has 0 aliphatic heterocycles. The van der Waals surface area contributed by atoms with E-state index in [1.165, 1.54) is 0 Å². The number of anilines is 1. The number of amides is 1. The predicted octanol–water partition coefficient (Wildman–Crippen LogP) is 6.01. The summed E-state index contributed by atoms with van der Waals surface area (Å²) in [5.74, 6) is -0.0611. The van der Waals surface area contributed by atoms with Crippen LogP contribution in [0.25, 0.3) is 22.5 Å². The van der Waals surface area contributed by atoms with Crippen LogP contribution in [0.2, 0.25) is 0 Å². The number of aliphatic carboxylic acids is 1. The van der Waals surface area contributed by atoms with Gasteiger partial charge >= 0.3 is 5.97 Å². The number of carboxylic acid groups (broad SMARTS) is 1. The van der Waals surface area contributed by atoms with E-state index >= 15 is 0 Å². The molecule has 1 saturated carbocycles. The molecule has 176 valence electrons. The second kappa shape index (κ2) is 9.93. The highest BCUT2D eigenvalue weighted by Crippen LogP contribution is 2.35. The topological polar surface area (TPSA) is 105 Å². The molecule has 0 spiro atoms. The number of rotatable bonds is 6. The number of benzene rings is 3. The lowest BCUT2D eigenvalue weighted by atomic mass is 9.82. The molecule has 5 rings (SSSR count). The normalized spacial score (nSPS) is 17.6. The zero-order chi connectivity index (χ0) is 24.2. The lowest BCUT2D eigenvalue weighted by Crippen LogP contribution is -2.20. The van der Waals surface area contributed by atoms with Crippen LogP contribution in [0.1, 0.15) is 47.8 Å². The maximum absolute atomic E-state index is 12.7. The van der Waals surface area contributed by atoms with Crippen LogP contribution in [0, 0.1) is 5.92 Å². The number of carboxylic acids is 1. The van der Waals surface area contributed by atoms with E-state index in [-0.39, 0.29) is 17.7 Å². The molecule has 0 radical (unpaired) electrons. The third-order valence-corrected chi connectivity index (χ3v) is 6.52. The van der Waals surface area contributed by atoms with E-state index in [2.05, 4.69) is 15.5 Å². The van der Waals surface area contributed by atoms with Gasteiger partial charge in [0, 0.05) is 22.7 Å². The number of nitrogens with one attached hydrogen (secondary N) is 1. The molecule has 0 bridgehead atoms. The van der Waals surface area contributed by atoms with E-state index in [1.54, 1.807) is 12.1 Å². The van der Waals surface area contributed by atoms with E-state index in [1.807, 2.05) is 66.7 Å². The number of nitrogens with zero attached hydrogens (tertiary/aromatic N) is 2. The molecule has 1 aliphatic rings. The first-order valence-corrected chi connectivity index (χ1v) is 11.7. The molecule has 1 amide bonds. The lowest BCUT2D eigenvalue weighted by molar-refractivity contribution is -0.142. The van der Waals surface area contributed by atoms with E-state index in [0.29, 0.717) is 35.8 Å². The van der Waals surface area contributed by atoms with E-state index in [0.717, 1.165) is 29.5 Å². The van der Waals surface area contributed by atoms with Gasteiger partial charge in [0.05, 0.1) is 5.92 Å². The summed E-state index contributed by atoms with van der Waals surface area (Å²) < 4.78 is 5.47. The zero-order valence-corrected chi connectivity index (χ0v) is 19.1. The van der Waals surface area contributed by atoms with E-state index < -0.39 is 5.97 Å². The first-order chi connectivity index (χ1) is 17.1. The van der Waals surface area contributed by atoms with Crippen molar-refractivity contribution in [3.8, 4) is 22.5 Å². The average molecular weight is 468 g/mol. The van der Waals surface area contributed by atoms with Crippen molar-refractivity contribution in [2.24, 2.45) is 5.92 Å². The minimum absolute atomic E-state index is 0.0960. The van der Waals surface area contributed by atoms with Gasteiger partial charge in [-0.05, 0) is 73.2 Å². The van der Waals surface area contributed by atoms with Gasteiger partial charge in [-0.2, -0.15) is 4.98 Å². The van der Waals surface area contributed by atoms with E-state index in [4.69, 9.17) is 9.63 Å². The van der Waals surface area contributed by atoms with Crippen LogP contribution in [-0.2, 0) is 4.79 Å². The number of carbonyl (C=O) groups is 2. The van der Waals surface area contributed by atoms with Crippen molar-refractivity contribution in [1.82, 2.24) is 10.1 Å². The Kier molecular flexibility index (Phi) is 6.39. The molecule has 7 heteroatoms. The van der Waals surface area contributed by atoms with Crippen molar-refractivity contribution in [1.29, 1.82) is 0 Å². The quantitative estimate of drug-likeness (QED) is 0.360. The maximum atomic E-state index is 12.7. The summed E-state index contributed by atoms with van der Waals surface area (Å²) in [4.78, 5) is 28.4. The summed E-state index contributed by atoms with van der Waals surface area (Å²) in [6.07, 6.45) is 2.72. The van der Waals surface area contributed by atoms with Gasteiger partial charge in [-0.25, -0.2) is 0 Å². The van der Waals surface area contributed by atoms with Crippen molar-refractivity contribution < 1.29 is 19.2 Å². The molecule has 0 atom stereocenters. The molecule has 3 aromatic carbocycles. The fraction of sp³-hybridized carbons (Fsp3) is 0.214. The van der Waals surface area contributed by atoms with Crippen LogP contribution in [-0.4, -0.2) is 27.1 Å². The molecule has 1 aliphatic carbocycles. The number of hydrogen-bond donors (Lipinski definition) is 2. The molecule has 2 N–H and O–H groups in total. The first-order valence-electron chi connectivity index (χ1n) is 11.7. The van der Waals surface area contributed by atoms with Crippen LogP contribution in [0.3, 0.4) is 0 Å². The Labute approximate surface area is 202 Å². The minimum atomic E-state index is -0.731. The number of aromatic nitrogens is 2. The summed E-state index contributed by atoms with van der Waals surface area (Å²) in [7, 11) is 0. The second-order valence-corrected chi connectivity index (χ2v) is 8.82. The van der Waals surface area contributed by atoms with Gasteiger partial charge in [-0.3, -0.25) is 9.59 Å². The lowest BCUT2D eigenvalue weighted by Gasteiger charge is -2.23. The van der Waals surface area contributed by atoms with E-state index in [9.17, 15) is 9.59 Å². The second-order valence-electron chi connectivity index (χ2n) is 8.82. The minimum Gasteiger partial charge on any atom is -0.481 e. The van der Waals surface area contributed by atoms with Crippen molar-refractivity contribution in [2.45, 2.75) is 31.6 Å². The summed E-state index contributed by atoms with van der Waals surface area (Å²) in [6.45, 7) is 0. The molecular formula is C28H25N3O4. The maximum Gasteiger partial charge on any atom is 0.306 e. The molecule has 1 aromatic heterocycles. The highest BCUT2D eigenvalue weighted by Gasteiger charge is 2.29. The van der Waals surface area contributed by atoms with Gasteiger partial charge in [-0.15, -0.1) is 0 Å². The van der Waals surface area contributed by atoms with Gasteiger partial charge in [0.2, 0.25) is 11.7 Å². The summed E-state index contributed by atoms with van der Waals surface area (Å²) in [6, 6.07) is 24.8. The standard InChI is InChI=1S/C28H25N3O4/c32-26(21-8-6-19(7-9-21)18-4-2-1-3-5-18)29-24-16-14-20(15-17-24)25-30-27(35-31-25)22-10-12-23(13-11-22)28(33)34/h1-9,14-17,22-23H,10-13H2,(H,29,32)(H,33,34). The van der Waals surface area contributed by atoms with Gasteiger partial charge in [0.25, 0.3) is 5.91 Å². The summed E-state index contributed by atoms with van der Waals surface area (Å²) in [5, 5.41) is 16.2. The van der Waals surface area contributed by atoms with Crippen LogP contribution in [0.5, 0.6) is 0 Å².